The van der Waals surface area contributed by atoms with Gasteiger partial charge in [0.05, 0.1) is 0 Å². The molecule has 1 aromatic carbocycles. The molecule has 4 N–H and O–H groups in total. The molecular formula is C9H7FN2O3. The summed E-state index contributed by atoms with van der Waals surface area (Å²) in [5.74, 6) is -2.22. The number of phenolic OH excluding ortho intramolecular Hbond substituents is 2. The molecule has 0 aliphatic rings. The Balaban J connectivity index is 2.55. The van der Waals surface area contributed by atoms with Crippen LogP contribution in [0, 0.1) is 5.82 Å². The van der Waals surface area contributed by atoms with Crippen LogP contribution in [0.2, 0.25) is 0 Å². The molecule has 2 rings (SSSR count). The van der Waals surface area contributed by atoms with E-state index in [1.165, 1.54) is 6.07 Å². The number of aromatic nitrogens is 1. The third-order valence-corrected chi connectivity index (χ3v) is 1.87. The maximum absolute atomic E-state index is 13.0. The van der Waals surface area contributed by atoms with Gasteiger partial charge in [-0.2, -0.15) is 0 Å². The number of hydrogen-bond acceptors (Lipinski definition) is 5. The molecule has 15 heavy (non-hydrogen) atoms. The Morgan fingerprint density at radius 2 is 2.00 bits per heavy atom. The quantitative estimate of drug-likeness (QED) is 0.620. The van der Waals surface area contributed by atoms with Crippen LogP contribution in [0.25, 0.3) is 11.3 Å². The van der Waals surface area contributed by atoms with Gasteiger partial charge in [0.2, 0.25) is 5.88 Å². The molecule has 0 fully saturated rings. The van der Waals surface area contributed by atoms with Crippen molar-refractivity contribution in [3.8, 4) is 22.8 Å². The minimum Gasteiger partial charge on any atom is -0.504 e. The largest absolute Gasteiger partial charge is 0.504 e. The van der Waals surface area contributed by atoms with Gasteiger partial charge in [0.15, 0.2) is 17.3 Å². The molecule has 0 atom stereocenters. The molecule has 0 amide bonds. The van der Waals surface area contributed by atoms with E-state index in [1.54, 1.807) is 0 Å². The van der Waals surface area contributed by atoms with E-state index in [4.69, 9.17) is 15.9 Å². The first-order valence-corrected chi connectivity index (χ1v) is 4.02. The van der Waals surface area contributed by atoms with Gasteiger partial charge in [-0.05, 0) is 12.1 Å². The third-order valence-electron chi connectivity index (χ3n) is 1.87. The number of aromatic hydroxyl groups is 2. The lowest BCUT2D eigenvalue weighted by Gasteiger charge is -2.01. The molecule has 0 saturated heterocycles. The van der Waals surface area contributed by atoms with Crippen LogP contribution in [-0.4, -0.2) is 15.4 Å². The Morgan fingerprint density at radius 3 is 2.53 bits per heavy atom. The average Bonchev–Trinajstić information content (AvgIpc) is 2.60. The average molecular weight is 210 g/mol. The third kappa shape index (κ3) is 1.56. The Bertz CT molecular complexity index is 487. The summed E-state index contributed by atoms with van der Waals surface area (Å²) in [7, 11) is 0. The smallest absolute Gasteiger partial charge is 0.222 e. The fourth-order valence-corrected chi connectivity index (χ4v) is 1.16. The number of hydrogen-bond donors (Lipinski definition) is 3. The lowest BCUT2D eigenvalue weighted by molar-refractivity contribution is 0.379. The lowest BCUT2D eigenvalue weighted by atomic mass is 10.1. The second-order valence-corrected chi connectivity index (χ2v) is 2.94. The summed E-state index contributed by atoms with van der Waals surface area (Å²) in [4.78, 5) is 0. The van der Waals surface area contributed by atoms with Gasteiger partial charge in [0, 0.05) is 11.6 Å². The van der Waals surface area contributed by atoms with Crippen molar-refractivity contribution in [3.63, 3.8) is 0 Å². The predicted octanol–water partition coefficient (Wildman–Crippen LogP) is 1.47. The standard InChI is InChI=1S/C9H7FN2O3/c10-5-1-4(2-7(13)9(5)14)6-3-8(11)15-12-6/h1-3,13-14H,11H2. The summed E-state index contributed by atoms with van der Waals surface area (Å²) in [5.41, 5.74) is 5.83. The number of anilines is 1. The first-order chi connectivity index (χ1) is 7.08. The van der Waals surface area contributed by atoms with Gasteiger partial charge in [-0.3, -0.25) is 0 Å². The van der Waals surface area contributed by atoms with Gasteiger partial charge >= 0.3 is 0 Å². The highest BCUT2D eigenvalue weighted by Crippen LogP contribution is 2.33. The van der Waals surface area contributed by atoms with Crippen molar-refractivity contribution in [1.82, 2.24) is 5.16 Å². The van der Waals surface area contributed by atoms with Crippen molar-refractivity contribution < 1.29 is 19.1 Å². The maximum Gasteiger partial charge on any atom is 0.222 e. The van der Waals surface area contributed by atoms with Gasteiger partial charge in [0.1, 0.15) is 5.69 Å². The molecule has 2 aromatic rings. The summed E-state index contributed by atoms with van der Waals surface area (Å²) in [6.07, 6.45) is 0. The highest BCUT2D eigenvalue weighted by atomic mass is 19.1. The van der Waals surface area contributed by atoms with Crippen LogP contribution in [-0.2, 0) is 0 Å². The fraction of sp³-hybridized carbons (Fsp3) is 0. The van der Waals surface area contributed by atoms with Crippen LogP contribution in [0.1, 0.15) is 0 Å². The number of nitrogens with two attached hydrogens (primary N) is 1. The van der Waals surface area contributed by atoms with Gasteiger partial charge in [-0.25, -0.2) is 4.39 Å². The number of benzene rings is 1. The topological polar surface area (TPSA) is 92.5 Å². The van der Waals surface area contributed by atoms with Gasteiger partial charge in [0.25, 0.3) is 0 Å². The van der Waals surface area contributed by atoms with E-state index < -0.39 is 17.3 Å². The molecule has 0 radical (unpaired) electrons. The number of nitrogens with zero attached hydrogens (tertiary/aromatic N) is 1. The van der Waals surface area contributed by atoms with Gasteiger partial charge < -0.3 is 20.5 Å². The van der Waals surface area contributed by atoms with Crippen LogP contribution < -0.4 is 5.73 Å². The van der Waals surface area contributed by atoms with Crippen molar-refractivity contribution >= 4 is 5.88 Å². The lowest BCUT2D eigenvalue weighted by Crippen LogP contribution is -1.82. The zero-order valence-electron chi connectivity index (χ0n) is 7.44. The summed E-state index contributed by atoms with van der Waals surface area (Å²) < 4.78 is 17.6. The van der Waals surface area contributed by atoms with Crippen LogP contribution in [0.5, 0.6) is 11.5 Å². The monoisotopic (exact) mass is 210 g/mol. The van der Waals surface area contributed by atoms with Crippen molar-refractivity contribution in [1.29, 1.82) is 0 Å². The second kappa shape index (κ2) is 3.16. The number of halogens is 1. The number of rotatable bonds is 1. The van der Waals surface area contributed by atoms with Crippen LogP contribution in [0.15, 0.2) is 22.7 Å². The van der Waals surface area contributed by atoms with E-state index in [9.17, 15) is 4.39 Å². The van der Waals surface area contributed by atoms with Crippen LogP contribution >= 0.6 is 0 Å². The molecule has 0 bridgehead atoms. The van der Waals surface area contributed by atoms with Crippen molar-refractivity contribution in [2.45, 2.75) is 0 Å². The molecule has 0 aliphatic heterocycles. The zero-order chi connectivity index (χ0) is 11.0. The van der Waals surface area contributed by atoms with Crippen molar-refractivity contribution in [2.75, 3.05) is 5.73 Å². The summed E-state index contributed by atoms with van der Waals surface area (Å²) in [6, 6.07) is 3.56. The van der Waals surface area contributed by atoms with Crippen molar-refractivity contribution in [3.05, 3.63) is 24.0 Å². The summed E-state index contributed by atoms with van der Waals surface area (Å²) >= 11 is 0. The Kier molecular flexibility index (Phi) is 1.96. The highest BCUT2D eigenvalue weighted by Gasteiger charge is 2.12. The molecule has 1 aromatic heterocycles. The SMILES string of the molecule is Nc1cc(-c2cc(O)c(O)c(F)c2)no1. The molecular weight excluding hydrogens is 203 g/mol. The van der Waals surface area contributed by atoms with Gasteiger partial charge in [-0.1, -0.05) is 5.16 Å². The first-order valence-electron chi connectivity index (χ1n) is 4.02. The zero-order valence-corrected chi connectivity index (χ0v) is 7.44. The van der Waals surface area contributed by atoms with E-state index >= 15 is 0 Å². The molecule has 5 nitrogen and oxygen atoms in total. The molecule has 0 aliphatic carbocycles. The Labute approximate surface area is 83.5 Å². The van der Waals surface area contributed by atoms with Gasteiger partial charge in [-0.15, -0.1) is 0 Å². The van der Waals surface area contributed by atoms with E-state index in [1.807, 2.05) is 0 Å². The minimum absolute atomic E-state index is 0.0815. The number of phenols is 2. The van der Waals surface area contributed by atoms with Crippen LogP contribution in [0.3, 0.4) is 0 Å². The summed E-state index contributed by atoms with van der Waals surface area (Å²) in [5, 5.41) is 21.7. The fourth-order valence-electron chi connectivity index (χ4n) is 1.16. The Morgan fingerprint density at radius 1 is 1.27 bits per heavy atom. The first kappa shape index (κ1) is 9.32. The van der Waals surface area contributed by atoms with Crippen LogP contribution in [0.4, 0.5) is 10.3 Å². The predicted molar refractivity (Wildman–Crippen MR) is 49.6 cm³/mol. The normalized spacial score (nSPS) is 10.5. The Hall–Kier alpha value is -2.24. The molecule has 1 heterocycles. The minimum atomic E-state index is -0.938. The number of nitrogen functional groups attached to an aromatic ring is 1. The second-order valence-electron chi connectivity index (χ2n) is 2.94. The van der Waals surface area contributed by atoms with E-state index in [2.05, 4.69) is 9.68 Å². The highest BCUT2D eigenvalue weighted by molar-refractivity contribution is 5.65. The van der Waals surface area contributed by atoms with Crippen molar-refractivity contribution in [2.24, 2.45) is 0 Å². The molecule has 6 heteroatoms. The maximum atomic E-state index is 13.0. The molecule has 78 valence electrons. The molecule has 0 spiro atoms. The molecule has 0 unspecified atom stereocenters. The van der Waals surface area contributed by atoms with E-state index in [-0.39, 0.29) is 17.1 Å². The summed E-state index contributed by atoms with van der Waals surface area (Å²) in [6.45, 7) is 0. The van der Waals surface area contributed by atoms with E-state index in [0.29, 0.717) is 0 Å². The van der Waals surface area contributed by atoms with E-state index in [0.717, 1.165) is 12.1 Å². The molecule has 0 saturated carbocycles.